The first-order valence-electron chi connectivity index (χ1n) is 6.17. The van der Waals surface area contributed by atoms with E-state index in [1.165, 1.54) is 4.31 Å². The fourth-order valence-corrected chi connectivity index (χ4v) is 3.80. The molecule has 2 heterocycles. The molecule has 100 valence electrons. The van der Waals surface area contributed by atoms with Crippen LogP contribution in [0.4, 0.5) is 0 Å². The van der Waals surface area contributed by atoms with Gasteiger partial charge in [-0.1, -0.05) is 0 Å². The minimum Gasteiger partial charge on any atom is -0.392 e. The Morgan fingerprint density at radius 1 is 1.24 bits per heavy atom. The zero-order chi connectivity index (χ0) is 12.3. The quantitative estimate of drug-likeness (QED) is 0.632. The van der Waals surface area contributed by atoms with E-state index in [9.17, 15) is 13.5 Å². The monoisotopic (exact) mass is 263 g/mol. The van der Waals surface area contributed by atoms with Crippen molar-refractivity contribution in [3.63, 3.8) is 0 Å². The Labute approximate surface area is 103 Å². The van der Waals surface area contributed by atoms with Gasteiger partial charge in [0.2, 0.25) is 10.0 Å². The molecule has 0 aromatic rings. The number of piperazine rings is 1. The van der Waals surface area contributed by atoms with Crippen molar-refractivity contribution in [1.82, 2.24) is 14.5 Å². The Bertz CT molecular complexity index is 341. The molecule has 0 amide bonds. The Kier molecular flexibility index (Phi) is 4.37. The average Bonchev–Trinajstić information content (AvgIpc) is 2.76. The van der Waals surface area contributed by atoms with Gasteiger partial charge in [-0.2, -0.15) is 4.31 Å². The van der Waals surface area contributed by atoms with E-state index in [2.05, 4.69) is 10.2 Å². The zero-order valence-electron chi connectivity index (χ0n) is 10.0. The second-order valence-electron chi connectivity index (χ2n) is 4.71. The summed E-state index contributed by atoms with van der Waals surface area (Å²) in [5.74, 6) is 0.166. The van der Waals surface area contributed by atoms with Crippen molar-refractivity contribution in [2.75, 3.05) is 51.6 Å². The number of β-amino-alcohol motifs (C(OH)–C–C–N with tert-alkyl or cyclic N) is 1. The molecule has 2 N–H and O–H groups in total. The van der Waals surface area contributed by atoms with Gasteiger partial charge in [0.05, 0.1) is 11.9 Å². The van der Waals surface area contributed by atoms with E-state index in [0.29, 0.717) is 19.5 Å². The molecule has 2 aliphatic rings. The van der Waals surface area contributed by atoms with E-state index in [-0.39, 0.29) is 12.3 Å². The summed E-state index contributed by atoms with van der Waals surface area (Å²) in [4.78, 5) is 2.17. The predicted molar refractivity (Wildman–Crippen MR) is 65.3 cm³/mol. The number of rotatable bonds is 4. The Morgan fingerprint density at radius 2 is 1.94 bits per heavy atom. The summed E-state index contributed by atoms with van der Waals surface area (Å²) in [6.45, 7) is 5.02. The summed E-state index contributed by atoms with van der Waals surface area (Å²) in [5.41, 5.74) is 0. The van der Waals surface area contributed by atoms with Gasteiger partial charge in [0.1, 0.15) is 0 Å². The molecule has 0 saturated carbocycles. The molecule has 7 heteroatoms. The van der Waals surface area contributed by atoms with Crippen molar-refractivity contribution in [3.05, 3.63) is 0 Å². The minimum atomic E-state index is -3.18. The Morgan fingerprint density at radius 3 is 2.53 bits per heavy atom. The highest BCUT2D eigenvalue weighted by Gasteiger charge is 2.30. The summed E-state index contributed by atoms with van der Waals surface area (Å²) in [7, 11) is -3.18. The maximum atomic E-state index is 12.0. The first-order valence-corrected chi connectivity index (χ1v) is 7.78. The van der Waals surface area contributed by atoms with Crippen molar-refractivity contribution < 1.29 is 13.5 Å². The number of nitrogens with zero attached hydrogens (tertiary/aromatic N) is 2. The molecule has 0 radical (unpaired) electrons. The van der Waals surface area contributed by atoms with Crippen LogP contribution in [0.15, 0.2) is 0 Å². The number of aliphatic hydroxyl groups is 1. The molecule has 0 bridgehead atoms. The highest BCUT2D eigenvalue weighted by molar-refractivity contribution is 7.89. The third-order valence-corrected chi connectivity index (χ3v) is 5.21. The van der Waals surface area contributed by atoms with E-state index in [1.807, 2.05) is 0 Å². The SMILES string of the molecule is O=S(=O)(CCN1CCNCC1)N1CCC(O)C1. The second kappa shape index (κ2) is 5.62. The van der Waals surface area contributed by atoms with E-state index in [4.69, 9.17) is 0 Å². The molecule has 2 fully saturated rings. The molecule has 0 aliphatic carbocycles. The van der Waals surface area contributed by atoms with Crippen molar-refractivity contribution in [2.45, 2.75) is 12.5 Å². The van der Waals surface area contributed by atoms with E-state index in [0.717, 1.165) is 26.2 Å². The fourth-order valence-electron chi connectivity index (χ4n) is 2.27. The lowest BCUT2D eigenvalue weighted by Gasteiger charge is -2.27. The molecule has 1 atom stereocenters. The Hall–Kier alpha value is -0.210. The van der Waals surface area contributed by atoms with Crippen LogP contribution in [0, 0.1) is 0 Å². The van der Waals surface area contributed by atoms with Crippen LogP contribution in [0.1, 0.15) is 6.42 Å². The van der Waals surface area contributed by atoms with Gasteiger partial charge in [0, 0.05) is 45.8 Å². The van der Waals surface area contributed by atoms with Crippen LogP contribution in [0.2, 0.25) is 0 Å². The van der Waals surface area contributed by atoms with Crippen LogP contribution in [-0.4, -0.2) is 80.4 Å². The molecule has 0 aromatic heterocycles. The van der Waals surface area contributed by atoms with E-state index in [1.54, 1.807) is 0 Å². The minimum absolute atomic E-state index is 0.166. The topological polar surface area (TPSA) is 72.9 Å². The largest absolute Gasteiger partial charge is 0.392 e. The van der Waals surface area contributed by atoms with Crippen LogP contribution in [0.3, 0.4) is 0 Å². The third kappa shape index (κ3) is 3.62. The molecular weight excluding hydrogens is 242 g/mol. The van der Waals surface area contributed by atoms with Crippen molar-refractivity contribution in [2.24, 2.45) is 0 Å². The smallest absolute Gasteiger partial charge is 0.215 e. The predicted octanol–water partition coefficient (Wildman–Crippen LogP) is -1.71. The fraction of sp³-hybridized carbons (Fsp3) is 1.00. The molecule has 2 saturated heterocycles. The molecular formula is C10H21N3O3S. The van der Waals surface area contributed by atoms with Gasteiger partial charge in [-0.3, -0.25) is 4.90 Å². The van der Waals surface area contributed by atoms with Crippen molar-refractivity contribution in [1.29, 1.82) is 0 Å². The lowest BCUT2D eigenvalue weighted by Crippen LogP contribution is -2.46. The second-order valence-corrected chi connectivity index (χ2v) is 6.80. The van der Waals surface area contributed by atoms with E-state index < -0.39 is 16.1 Å². The Balaban J connectivity index is 1.80. The normalized spacial score (nSPS) is 28.6. The number of sulfonamides is 1. The molecule has 2 aliphatic heterocycles. The maximum Gasteiger partial charge on any atom is 0.215 e. The van der Waals surface area contributed by atoms with E-state index >= 15 is 0 Å². The van der Waals surface area contributed by atoms with Gasteiger partial charge in [0.25, 0.3) is 0 Å². The van der Waals surface area contributed by atoms with Crippen molar-refractivity contribution in [3.8, 4) is 0 Å². The van der Waals surface area contributed by atoms with Crippen LogP contribution in [-0.2, 0) is 10.0 Å². The molecule has 6 nitrogen and oxygen atoms in total. The maximum absolute atomic E-state index is 12.0. The third-order valence-electron chi connectivity index (χ3n) is 3.39. The summed E-state index contributed by atoms with van der Waals surface area (Å²) >= 11 is 0. The summed E-state index contributed by atoms with van der Waals surface area (Å²) < 4.78 is 25.4. The highest BCUT2D eigenvalue weighted by Crippen LogP contribution is 2.14. The molecule has 1 unspecified atom stereocenters. The lowest BCUT2D eigenvalue weighted by atomic mass is 10.3. The standard InChI is InChI=1S/C10H21N3O3S/c14-10-1-4-13(9-10)17(15,16)8-7-12-5-2-11-3-6-12/h10-11,14H,1-9H2. The molecule has 2 rings (SSSR count). The number of nitrogens with one attached hydrogen (secondary N) is 1. The summed E-state index contributed by atoms with van der Waals surface area (Å²) in [6, 6.07) is 0. The van der Waals surface area contributed by atoms with Crippen LogP contribution in [0.25, 0.3) is 0 Å². The highest BCUT2D eigenvalue weighted by atomic mass is 32.2. The first-order chi connectivity index (χ1) is 8.08. The van der Waals surface area contributed by atoms with Gasteiger partial charge < -0.3 is 10.4 Å². The lowest BCUT2D eigenvalue weighted by molar-refractivity contribution is 0.189. The van der Waals surface area contributed by atoms with Gasteiger partial charge in [-0.05, 0) is 6.42 Å². The van der Waals surface area contributed by atoms with Crippen molar-refractivity contribution >= 4 is 10.0 Å². The van der Waals surface area contributed by atoms with Gasteiger partial charge in [-0.25, -0.2) is 8.42 Å². The van der Waals surface area contributed by atoms with Crippen LogP contribution in [0.5, 0.6) is 0 Å². The van der Waals surface area contributed by atoms with Gasteiger partial charge >= 0.3 is 0 Å². The summed E-state index contributed by atoms with van der Waals surface area (Å²) in [6.07, 6.45) is 0.0799. The zero-order valence-corrected chi connectivity index (χ0v) is 10.8. The molecule has 17 heavy (non-hydrogen) atoms. The molecule has 0 aromatic carbocycles. The summed E-state index contributed by atoms with van der Waals surface area (Å²) in [5, 5.41) is 12.6. The van der Waals surface area contributed by atoms with Crippen LogP contribution < -0.4 is 5.32 Å². The molecule has 0 spiro atoms. The number of hydrogen-bond donors (Lipinski definition) is 2. The average molecular weight is 263 g/mol. The number of aliphatic hydroxyl groups excluding tert-OH is 1. The van der Waals surface area contributed by atoms with Gasteiger partial charge in [-0.15, -0.1) is 0 Å². The van der Waals surface area contributed by atoms with Gasteiger partial charge in [0.15, 0.2) is 0 Å². The number of hydrogen-bond acceptors (Lipinski definition) is 5. The van der Waals surface area contributed by atoms with Crippen LogP contribution >= 0.6 is 0 Å². The first kappa shape index (κ1) is 13.2.